The molecular weight excluding hydrogens is 268 g/mol. The van der Waals surface area contributed by atoms with Crippen molar-refractivity contribution in [1.82, 2.24) is 10.2 Å². The second-order valence-corrected chi connectivity index (χ2v) is 5.59. The fraction of sp³-hybridized carbons (Fsp3) is 0.562. The van der Waals surface area contributed by atoms with Gasteiger partial charge >= 0.3 is 6.03 Å². The van der Waals surface area contributed by atoms with E-state index in [1.165, 1.54) is 0 Å². The SMILES string of the molecule is O=C(NCc1ccccc1)N1CCC2(CC1)OCCCO2. The number of carbonyl (C=O) groups is 1. The normalized spacial score (nSPS) is 21.2. The van der Waals surface area contributed by atoms with Gasteiger partial charge < -0.3 is 19.7 Å². The van der Waals surface area contributed by atoms with Crippen molar-refractivity contribution in [2.24, 2.45) is 0 Å². The number of rotatable bonds is 2. The molecule has 1 aromatic carbocycles. The molecule has 0 saturated carbocycles. The number of hydrogen-bond donors (Lipinski definition) is 1. The van der Waals surface area contributed by atoms with E-state index in [0.717, 1.165) is 38.0 Å². The third-order valence-corrected chi connectivity index (χ3v) is 4.12. The number of ether oxygens (including phenoxy) is 2. The van der Waals surface area contributed by atoms with Crippen molar-refractivity contribution in [2.75, 3.05) is 26.3 Å². The summed E-state index contributed by atoms with van der Waals surface area (Å²) in [7, 11) is 0. The number of nitrogens with one attached hydrogen (secondary N) is 1. The van der Waals surface area contributed by atoms with Crippen LogP contribution in [0.4, 0.5) is 4.79 Å². The Balaban J connectivity index is 1.46. The molecule has 0 aliphatic carbocycles. The van der Waals surface area contributed by atoms with E-state index in [2.05, 4.69) is 5.32 Å². The van der Waals surface area contributed by atoms with Gasteiger partial charge in [0.25, 0.3) is 0 Å². The second kappa shape index (κ2) is 6.45. The first-order valence-corrected chi connectivity index (χ1v) is 7.62. The summed E-state index contributed by atoms with van der Waals surface area (Å²) >= 11 is 0. The van der Waals surface area contributed by atoms with E-state index in [-0.39, 0.29) is 6.03 Å². The Morgan fingerprint density at radius 1 is 1.14 bits per heavy atom. The van der Waals surface area contributed by atoms with E-state index in [1.807, 2.05) is 35.2 Å². The van der Waals surface area contributed by atoms with E-state index >= 15 is 0 Å². The molecule has 0 aromatic heterocycles. The lowest BCUT2D eigenvalue weighted by molar-refractivity contribution is -0.281. The fourth-order valence-corrected chi connectivity index (χ4v) is 2.84. The maximum Gasteiger partial charge on any atom is 0.317 e. The average molecular weight is 290 g/mol. The van der Waals surface area contributed by atoms with Gasteiger partial charge in [0.2, 0.25) is 0 Å². The summed E-state index contributed by atoms with van der Waals surface area (Å²) in [6.07, 6.45) is 2.47. The highest BCUT2D eigenvalue weighted by molar-refractivity contribution is 5.74. The van der Waals surface area contributed by atoms with Gasteiger partial charge in [0.15, 0.2) is 5.79 Å². The van der Waals surface area contributed by atoms with E-state index < -0.39 is 5.79 Å². The molecule has 21 heavy (non-hydrogen) atoms. The third kappa shape index (κ3) is 3.54. The molecule has 0 unspecified atom stereocenters. The highest BCUT2D eigenvalue weighted by Gasteiger charge is 2.39. The van der Waals surface area contributed by atoms with Crippen LogP contribution in [0.3, 0.4) is 0 Å². The lowest BCUT2D eigenvalue weighted by Gasteiger charge is -2.43. The van der Waals surface area contributed by atoms with Crippen LogP contribution in [0, 0.1) is 0 Å². The van der Waals surface area contributed by atoms with Gasteiger partial charge in [0, 0.05) is 32.5 Å². The first-order valence-electron chi connectivity index (χ1n) is 7.62. The predicted molar refractivity (Wildman–Crippen MR) is 78.7 cm³/mol. The van der Waals surface area contributed by atoms with Crippen LogP contribution in [0.25, 0.3) is 0 Å². The van der Waals surface area contributed by atoms with Crippen molar-refractivity contribution in [1.29, 1.82) is 0 Å². The van der Waals surface area contributed by atoms with Crippen LogP contribution in [0.5, 0.6) is 0 Å². The quantitative estimate of drug-likeness (QED) is 0.907. The molecule has 2 heterocycles. The monoisotopic (exact) mass is 290 g/mol. The summed E-state index contributed by atoms with van der Waals surface area (Å²) in [5.74, 6) is -0.436. The molecule has 5 nitrogen and oxygen atoms in total. The van der Waals surface area contributed by atoms with Crippen LogP contribution in [-0.4, -0.2) is 43.0 Å². The van der Waals surface area contributed by atoms with Crippen molar-refractivity contribution in [3.05, 3.63) is 35.9 Å². The Kier molecular flexibility index (Phi) is 4.41. The number of urea groups is 1. The molecule has 114 valence electrons. The average Bonchev–Trinajstić information content (AvgIpc) is 2.55. The summed E-state index contributed by atoms with van der Waals surface area (Å²) in [5.41, 5.74) is 1.11. The number of likely N-dealkylation sites (tertiary alicyclic amines) is 1. The number of benzene rings is 1. The molecule has 0 radical (unpaired) electrons. The molecule has 0 atom stereocenters. The number of hydrogen-bond acceptors (Lipinski definition) is 3. The summed E-state index contributed by atoms with van der Waals surface area (Å²) < 4.78 is 11.6. The van der Waals surface area contributed by atoms with Gasteiger partial charge in [0.1, 0.15) is 0 Å². The molecular formula is C16H22N2O3. The molecule has 2 aliphatic heterocycles. The molecule has 1 spiro atoms. The van der Waals surface area contributed by atoms with Gasteiger partial charge in [-0.05, 0) is 12.0 Å². The zero-order valence-electron chi connectivity index (χ0n) is 12.2. The number of amides is 2. The maximum atomic E-state index is 12.2. The molecule has 2 aliphatic rings. The van der Waals surface area contributed by atoms with E-state index in [0.29, 0.717) is 19.6 Å². The van der Waals surface area contributed by atoms with Crippen molar-refractivity contribution in [2.45, 2.75) is 31.6 Å². The minimum Gasteiger partial charge on any atom is -0.350 e. The zero-order chi connectivity index (χ0) is 14.5. The summed E-state index contributed by atoms with van der Waals surface area (Å²) in [6, 6.07) is 9.93. The van der Waals surface area contributed by atoms with Crippen molar-refractivity contribution >= 4 is 6.03 Å². The Morgan fingerprint density at radius 3 is 2.48 bits per heavy atom. The van der Waals surface area contributed by atoms with Crippen LogP contribution < -0.4 is 5.32 Å². The van der Waals surface area contributed by atoms with E-state index in [1.54, 1.807) is 0 Å². The molecule has 3 rings (SSSR count). The van der Waals surface area contributed by atoms with Crippen LogP contribution >= 0.6 is 0 Å². The van der Waals surface area contributed by atoms with Crippen LogP contribution in [0.2, 0.25) is 0 Å². The summed E-state index contributed by atoms with van der Waals surface area (Å²) in [6.45, 7) is 3.45. The third-order valence-electron chi connectivity index (χ3n) is 4.12. The van der Waals surface area contributed by atoms with Gasteiger partial charge in [0.05, 0.1) is 13.2 Å². The Hall–Kier alpha value is -1.59. The molecule has 0 bridgehead atoms. The minimum absolute atomic E-state index is 0.00971. The lowest BCUT2D eigenvalue weighted by Crippen LogP contribution is -2.53. The topological polar surface area (TPSA) is 50.8 Å². The summed E-state index contributed by atoms with van der Waals surface area (Å²) in [5, 5.41) is 2.97. The van der Waals surface area contributed by atoms with Crippen LogP contribution in [0.1, 0.15) is 24.8 Å². The van der Waals surface area contributed by atoms with Gasteiger partial charge in [-0.1, -0.05) is 30.3 Å². The fourth-order valence-electron chi connectivity index (χ4n) is 2.84. The maximum absolute atomic E-state index is 12.2. The van der Waals surface area contributed by atoms with Crippen molar-refractivity contribution in [3.63, 3.8) is 0 Å². The lowest BCUT2D eigenvalue weighted by atomic mass is 10.0. The molecule has 2 saturated heterocycles. The molecule has 1 N–H and O–H groups in total. The number of nitrogens with zero attached hydrogens (tertiary/aromatic N) is 1. The second-order valence-electron chi connectivity index (χ2n) is 5.59. The smallest absolute Gasteiger partial charge is 0.317 e. The molecule has 1 aromatic rings. The number of piperidine rings is 1. The Bertz CT molecular complexity index is 462. The highest BCUT2D eigenvalue weighted by atomic mass is 16.7. The van der Waals surface area contributed by atoms with Crippen LogP contribution in [0.15, 0.2) is 30.3 Å². The van der Waals surface area contributed by atoms with E-state index in [9.17, 15) is 4.79 Å². The molecule has 2 amide bonds. The Labute approximate surface area is 125 Å². The number of carbonyl (C=O) groups excluding carboxylic acids is 1. The molecule has 2 fully saturated rings. The largest absolute Gasteiger partial charge is 0.350 e. The first-order chi connectivity index (χ1) is 10.3. The summed E-state index contributed by atoms with van der Waals surface area (Å²) in [4.78, 5) is 14.0. The van der Waals surface area contributed by atoms with Gasteiger partial charge in [-0.15, -0.1) is 0 Å². The predicted octanol–water partition coefficient (Wildman–Crippen LogP) is 2.13. The van der Waals surface area contributed by atoms with E-state index in [4.69, 9.17) is 9.47 Å². The molecule has 5 heteroatoms. The van der Waals surface area contributed by atoms with Crippen LogP contribution in [-0.2, 0) is 16.0 Å². The zero-order valence-corrected chi connectivity index (χ0v) is 12.2. The van der Waals surface area contributed by atoms with Gasteiger partial charge in [-0.3, -0.25) is 0 Å². The van der Waals surface area contributed by atoms with Gasteiger partial charge in [-0.25, -0.2) is 4.79 Å². The minimum atomic E-state index is -0.436. The van der Waals surface area contributed by atoms with Crippen molar-refractivity contribution in [3.8, 4) is 0 Å². The standard InChI is InChI=1S/C16H22N2O3/c19-15(17-13-14-5-2-1-3-6-14)18-9-7-16(8-10-18)20-11-4-12-21-16/h1-3,5-6H,4,7-13H2,(H,17,19). The highest BCUT2D eigenvalue weighted by Crippen LogP contribution is 2.30. The first kappa shape index (κ1) is 14.4. The Morgan fingerprint density at radius 2 is 1.81 bits per heavy atom. The van der Waals surface area contributed by atoms with Gasteiger partial charge in [-0.2, -0.15) is 0 Å². The van der Waals surface area contributed by atoms with Crippen molar-refractivity contribution < 1.29 is 14.3 Å².